The molecule has 27 heavy (non-hydrogen) atoms. The summed E-state index contributed by atoms with van der Waals surface area (Å²) in [5.74, 6) is -0.0321. The monoisotopic (exact) mass is 365 g/mol. The predicted molar refractivity (Wildman–Crippen MR) is 101 cm³/mol. The largest absolute Gasteiger partial charge is 0.338 e. The Morgan fingerprint density at radius 1 is 1.04 bits per heavy atom. The second kappa shape index (κ2) is 7.02. The van der Waals surface area contributed by atoms with Crippen molar-refractivity contribution >= 4 is 11.8 Å². The maximum absolute atomic E-state index is 12.6. The van der Waals surface area contributed by atoms with Crippen molar-refractivity contribution in [2.75, 3.05) is 19.6 Å². The molecule has 2 saturated heterocycles. The van der Waals surface area contributed by atoms with Gasteiger partial charge >= 0.3 is 0 Å². The Hall–Kier alpha value is -2.89. The van der Waals surface area contributed by atoms with E-state index in [9.17, 15) is 14.4 Å². The first kappa shape index (κ1) is 17.5. The van der Waals surface area contributed by atoms with Gasteiger partial charge in [-0.15, -0.1) is 0 Å². The first-order chi connectivity index (χ1) is 13.1. The van der Waals surface area contributed by atoms with Crippen LogP contribution in [0.2, 0.25) is 0 Å². The Morgan fingerprint density at radius 3 is 2.48 bits per heavy atom. The molecule has 1 aromatic carbocycles. The molecule has 2 aliphatic heterocycles. The van der Waals surface area contributed by atoms with E-state index in [-0.39, 0.29) is 28.4 Å². The number of nitrogens with zero attached hydrogens (tertiary/aromatic N) is 2. The summed E-state index contributed by atoms with van der Waals surface area (Å²) in [6.07, 6.45) is 3.66. The molecule has 6 heteroatoms. The van der Waals surface area contributed by atoms with Crippen molar-refractivity contribution < 1.29 is 9.59 Å². The zero-order chi connectivity index (χ0) is 18.9. The fourth-order valence-corrected chi connectivity index (χ4v) is 4.21. The molecule has 2 fully saturated rings. The van der Waals surface area contributed by atoms with Crippen LogP contribution >= 0.6 is 0 Å². The van der Waals surface area contributed by atoms with E-state index in [1.54, 1.807) is 17.0 Å². The summed E-state index contributed by atoms with van der Waals surface area (Å²) in [4.78, 5) is 43.2. The number of nitrogens with one attached hydrogen (secondary N) is 1. The highest BCUT2D eigenvalue weighted by Crippen LogP contribution is 2.41. The van der Waals surface area contributed by atoms with Crippen molar-refractivity contribution in [3.8, 4) is 0 Å². The predicted octanol–water partition coefficient (Wildman–Crippen LogP) is 2.03. The van der Waals surface area contributed by atoms with Crippen molar-refractivity contribution in [3.05, 3.63) is 70.1 Å². The number of aromatic nitrogens is 1. The minimum Gasteiger partial charge on any atom is -0.338 e. The summed E-state index contributed by atoms with van der Waals surface area (Å²) in [6, 6.07) is 13.3. The number of H-pyrrole nitrogens is 1. The number of benzene rings is 1. The number of pyridine rings is 1. The van der Waals surface area contributed by atoms with Crippen molar-refractivity contribution in [2.45, 2.75) is 25.8 Å². The normalized spacial score (nSPS) is 18.9. The van der Waals surface area contributed by atoms with E-state index in [4.69, 9.17) is 0 Å². The third-order valence-corrected chi connectivity index (χ3v) is 5.78. The van der Waals surface area contributed by atoms with E-state index in [0.29, 0.717) is 26.1 Å². The number of piperidine rings is 1. The molecular weight excluding hydrogens is 342 g/mol. The molecule has 0 unspecified atom stereocenters. The van der Waals surface area contributed by atoms with Crippen molar-refractivity contribution in [2.24, 2.45) is 5.41 Å². The molecule has 0 aliphatic carbocycles. The summed E-state index contributed by atoms with van der Waals surface area (Å²) < 4.78 is 0. The molecule has 1 spiro atoms. The van der Waals surface area contributed by atoms with Crippen LogP contribution < -0.4 is 5.56 Å². The van der Waals surface area contributed by atoms with Gasteiger partial charge < -0.3 is 14.8 Å². The minimum absolute atomic E-state index is 0.0499. The number of aromatic amines is 1. The number of carbonyl (C=O) groups excluding carboxylic acids is 2. The van der Waals surface area contributed by atoms with Gasteiger partial charge in [0.2, 0.25) is 5.91 Å². The lowest BCUT2D eigenvalue weighted by Crippen LogP contribution is -2.45. The number of hydrogen-bond donors (Lipinski definition) is 1. The van der Waals surface area contributed by atoms with Crippen LogP contribution in [-0.2, 0) is 11.3 Å². The summed E-state index contributed by atoms with van der Waals surface area (Å²) in [6.45, 7) is 2.55. The topological polar surface area (TPSA) is 73.5 Å². The Labute approximate surface area is 157 Å². The van der Waals surface area contributed by atoms with E-state index >= 15 is 0 Å². The lowest BCUT2D eigenvalue weighted by molar-refractivity contribution is -0.128. The SMILES string of the molecule is O=C1CC2(CCN(C(=O)c3ccc[nH]c3=O)CC2)CN1Cc1ccccc1. The second-order valence-electron chi connectivity index (χ2n) is 7.62. The number of amides is 2. The van der Waals surface area contributed by atoms with Crippen molar-refractivity contribution in [1.29, 1.82) is 0 Å². The summed E-state index contributed by atoms with van der Waals surface area (Å²) in [5.41, 5.74) is 0.916. The molecule has 3 heterocycles. The Morgan fingerprint density at radius 2 is 1.78 bits per heavy atom. The highest BCUT2D eigenvalue weighted by atomic mass is 16.2. The van der Waals surface area contributed by atoms with Gasteiger partial charge in [0.1, 0.15) is 5.56 Å². The molecule has 2 amide bonds. The standard InChI is InChI=1S/C21H23N3O3/c25-18-13-21(15-24(18)14-16-5-2-1-3-6-16)8-11-23(12-9-21)20(27)17-7-4-10-22-19(17)26/h1-7,10H,8-9,11-15H2,(H,22,26). The number of hydrogen-bond acceptors (Lipinski definition) is 3. The number of rotatable bonds is 3. The van der Waals surface area contributed by atoms with Gasteiger partial charge in [-0.05, 0) is 30.5 Å². The molecule has 1 aromatic heterocycles. The number of carbonyl (C=O) groups is 2. The van der Waals surface area contributed by atoms with Gasteiger partial charge in [0.05, 0.1) is 0 Å². The molecule has 4 rings (SSSR count). The van der Waals surface area contributed by atoms with Gasteiger partial charge in [-0.2, -0.15) is 0 Å². The average molecular weight is 365 g/mol. The van der Waals surface area contributed by atoms with Crippen LogP contribution in [0.3, 0.4) is 0 Å². The molecule has 1 N–H and O–H groups in total. The van der Waals surface area contributed by atoms with Gasteiger partial charge in [0.25, 0.3) is 11.5 Å². The van der Waals surface area contributed by atoms with Gasteiger partial charge in [0, 0.05) is 44.2 Å². The molecule has 0 saturated carbocycles. The summed E-state index contributed by atoms with van der Waals surface area (Å²) >= 11 is 0. The maximum atomic E-state index is 12.6. The first-order valence-corrected chi connectivity index (χ1v) is 9.35. The van der Waals surface area contributed by atoms with Gasteiger partial charge in [-0.25, -0.2) is 0 Å². The van der Waals surface area contributed by atoms with Crippen LogP contribution in [-0.4, -0.2) is 46.2 Å². The van der Waals surface area contributed by atoms with Crippen LogP contribution in [0.15, 0.2) is 53.5 Å². The van der Waals surface area contributed by atoms with Gasteiger partial charge in [0.15, 0.2) is 0 Å². The van der Waals surface area contributed by atoms with E-state index in [0.717, 1.165) is 24.9 Å². The third kappa shape index (κ3) is 3.52. The first-order valence-electron chi connectivity index (χ1n) is 9.35. The average Bonchev–Trinajstić information content (AvgIpc) is 2.98. The molecule has 0 atom stereocenters. The minimum atomic E-state index is -0.354. The van der Waals surface area contributed by atoms with E-state index in [2.05, 4.69) is 4.98 Å². The Balaban J connectivity index is 1.40. The van der Waals surface area contributed by atoms with Gasteiger partial charge in [-0.3, -0.25) is 14.4 Å². The highest BCUT2D eigenvalue weighted by molar-refractivity contribution is 5.93. The fraction of sp³-hybridized carbons (Fsp3) is 0.381. The molecule has 2 aromatic rings. The van der Waals surface area contributed by atoms with E-state index in [1.165, 1.54) is 6.20 Å². The van der Waals surface area contributed by atoms with Crippen molar-refractivity contribution in [3.63, 3.8) is 0 Å². The molecule has 2 aliphatic rings. The van der Waals surface area contributed by atoms with Crippen LogP contribution in [0.25, 0.3) is 0 Å². The highest BCUT2D eigenvalue weighted by Gasteiger charge is 2.45. The summed E-state index contributed by atoms with van der Waals surface area (Å²) in [7, 11) is 0. The lowest BCUT2D eigenvalue weighted by atomic mass is 9.77. The van der Waals surface area contributed by atoms with E-state index in [1.807, 2.05) is 35.2 Å². The maximum Gasteiger partial charge on any atom is 0.260 e. The second-order valence-corrected chi connectivity index (χ2v) is 7.62. The zero-order valence-corrected chi connectivity index (χ0v) is 15.2. The molecule has 140 valence electrons. The zero-order valence-electron chi connectivity index (χ0n) is 15.2. The van der Waals surface area contributed by atoms with Crippen LogP contribution in [0.4, 0.5) is 0 Å². The quantitative estimate of drug-likeness (QED) is 0.904. The molecule has 0 radical (unpaired) electrons. The van der Waals surface area contributed by atoms with Crippen LogP contribution in [0, 0.1) is 5.41 Å². The molecule has 6 nitrogen and oxygen atoms in total. The smallest absolute Gasteiger partial charge is 0.260 e. The fourth-order valence-electron chi connectivity index (χ4n) is 4.21. The Bertz CT molecular complexity index is 898. The molecular formula is C21H23N3O3. The van der Waals surface area contributed by atoms with Gasteiger partial charge in [-0.1, -0.05) is 30.3 Å². The third-order valence-electron chi connectivity index (χ3n) is 5.78. The Kier molecular flexibility index (Phi) is 4.56. The molecule has 0 bridgehead atoms. The van der Waals surface area contributed by atoms with Crippen molar-refractivity contribution in [1.82, 2.24) is 14.8 Å². The summed E-state index contributed by atoms with van der Waals surface area (Å²) in [5, 5.41) is 0. The number of likely N-dealkylation sites (tertiary alicyclic amines) is 2. The van der Waals surface area contributed by atoms with E-state index < -0.39 is 0 Å². The van der Waals surface area contributed by atoms with Crippen LogP contribution in [0.1, 0.15) is 35.2 Å². The van der Waals surface area contributed by atoms with Crippen LogP contribution in [0.5, 0.6) is 0 Å². The lowest BCUT2D eigenvalue weighted by Gasteiger charge is -2.38.